The SMILES string of the molecule is [Zr+2]=[Si](CCC1=CC=CC1)CCC1=CC=CC1. The number of rotatable bonds is 6. The average molecular weight is 306 g/mol. The molecule has 2 rings (SSSR count). The minimum atomic E-state index is -0.0110. The van der Waals surface area contributed by atoms with Crippen molar-refractivity contribution in [3.05, 3.63) is 47.6 Å². The van der Waals surface area contributed by atoms with Gasteiger partial charge >= 0.3 is 114 Å². The summed E-state index contributed by atoms with van der Waals surface area (Å²) < 4.78 is 0. The Labute approximate surface area is 114 Å². The fourth-order valence-electron chi connectivity index (χ4n) is 2.10. The van der Waals surface area contributed by atoms with Gasteiger partial charge in [0.05, 0.1) is 0 Å². The Bertz CT molecular complexity index is 350. The van der Waals surface area contributed by atoms with Gasteiger partial charge in [-0.25, -0.2) is 0 Å². The van der Waals surface area contributed by atoms with Gasteiger partial charge in [-0.1, -0.05) is 0 Å². The van der Waals surface area contributed by atoms with Crippen molar-refractivity contribution in [2.45, 2.75) is 37.8 Å². The van der Waals surface area contributed by atoms with E-state index in [0.717, 1.165) is 0 Å². The molecule has 0 aromatic heterocycles. The molecule has 0 fully saturated rings. The summed E-state index contributed by atoms with van der Waals surface area (Å²) in [6.07, 6.45) is 18.8. The molecule has 2 aliphatic rings. The van der Waals surface area contributed by atoms with E-state index < -0.39 is 0 Å². The molecule has 0 saturated heterocycles. The van der Waals surface area contributed by atoms with Crippen molar-refractivity contribution in [2.75, 3.05) is 0 Å². The summed E-state index contributed by atoms with van der Waals surface area (Å²) in [6, 6.07) is 2.99. The topological polar surface area (TPSA) is 0 Å². The Hall–Kier alpha value is 0.0600. The maximum absolute atomic E-state index is 2.31. The standard InChI is InChI=1S/C14H18Si.Zr/c1-2-6-13(5-1)9-11-15-12-10-14-7-3-4-8-14;/h1-5,7H,6,8-12H2;/q;+2. The van der Waals surface area contributed by atoms with Gasteiger partial charge in [-0.05, 0) is 0 Å². The number of allylic oxidation sites excluding steroid dienone is 8. The zero-order chi connectivity index (χ0) is 11.2. The van der Waals surface area contributed by atoms with Gasteiger partial charge in [-0.2, -0.15) is 0 Å². The van der Waals surface area contributed by atoms with Crippen LogP contribution in [-0.2, 0) is 23.3 Å². The Morgan fingerprint density at radius 1 is 0.938 bits per heavy atom. The van der Waals surface area contributed by atoms with Crippen LogP contribution in [0.25, 0.3) is 0 Å². The Balaban J connectivity index is 1.61. The number of hydrogen-bond donors (Lipinski definition) is 0. The van der Waals surface area contributed by atoms with E-state index in [2.05, 4.69) is 36.5 Å². The van der Waals surface area contributed by atoms with Gasteiger partial charge in [0.25, 0.3) is 0 Å². The molecule has 2 heteroatoms. The van der Waals surface area contributed by atoms with Crippen molar-refractivity contribution in [3.8, 4) is 0 Å². The molecule has 16 heavy (non-hydrogen) atoms. The molecule has 0 aliphatic heterocycles. The first kappa shape index (κ1) is 12.5. The van der Waals surface area contributed by atoms with E-state index in [1.54, 1.807) is 11.1 Å². The van der Waals surface area contributed by atoms with Gasteiger partial charge in [-0.15, -0.1) is 0 Å². The second-order valence-electron chi connectivity index (χ2n) is 4.52. The molecule has 0 aromatic carbocycles. The van der Waals surface area contributed by atoms with Gasteiger partial charge in [0.15, 0.2) is 0 Å². The van der Waals surface area contributed by atoms with E-state index in [1.165, 1.54) is 37.8 Å². The van der Waals surface area contributed by atoms with Crippen LogP contribution < -0.4 is 0 Å². The Morgan fingerprint density at radius 3 is 1.81 bits per heavy atom. The second-order valence-corrected chi connectivity index (χ2v) is 11.9. The van der Waals surface area contributed by atoms with Crippen molar-refractivity contribution >= 4 is 5.43 Å². The van der Waals surface area contributed by atoms with E-state index in [0.29, 0.717) is 0 Å². The quantitative estimate of drug-likeness (QED) is 0.649. The molecule has 80 valence electrons. The third kappa shape index (κ3) is 4.14. The van der Waals surface area contributed by atoms with Crippen LogP contribution in [0, 0.1) is 0 Å². The first-order valence-electron chi connectivity index (χ1n) is 6.10. The number of hydrogen-bond acceptors (Lipinski definition) is 0. The normalized spacial score (nSPS) is 17.9. The summed E-state index contributed by atoms with van der Waals surface area (Å²) in [6.45, 7) is 0. The van der Waals surface area contributed by atoms with E-state index >= 15 is 0 Å². The van der Waals surface area contributed by atoms with Gasteiger partial charge < -0.3 is 0 Å². The Morgan fingerprint density at radius 2 is 1.44 bits per heavy atom. The average Bonchev–Trinajstić information content (AvgIpc) is 2.96. The van der Waals surface area contributed by atoms with Crippen molar-refractivity contribution in [1.82, 2.24) is 0 Å². The Kier molecular flexibility index (Phi) is 5.25. The molecular formula is C14H18SiZr+2. The second kappa shape index (κ2) is 6.71. The molecule has 0 aromatic rings. The molecule has 0 N–H and O–H groups in total. The maximum atomic E-state index is 2.31. The van der Waals surface area contributed by atoms with Gasteiger partial charge in [0, 0.05) is 0 Å². The van der Waals surface area contributed by atoms with E-state index in [-0.39, 0.29) is 5.43 Å². The van der Waals surface area contributed by atoms with Gasteiger partial charge in [-0.3, -0.25) is 0 Å². The summed E-state index contributed by atoms with van der Waals surface area (Å²) in [5.74, 6) is 0. The van der Waals surface area contributed by atoms with E-state index in [9.17, 15) is 0 Å². The van der Waals surface area contributed by atoms with Crippen LogP contribution in [0.2, 0.25) is 12.1 Å². The molecular weight excluding hydrogens is 287 g/mol. The van der Waals surface area contributed by atoms with Crippen LogP contribution in [0.3, 0.4) is 0 Å². The molecule has 2 aliphatic carbocycles. The fourth-order valence-corrected chi connectivity index (χ4v) is 5.44. The van der Waals surface area contributed by atoms with Crippen LogP contribution >= 0.6 is 0 Å². The first-order chi connectivity index (χ1) is 7.84. The summed E-state index contributed by atoms with van der Waals surface area (Å²) in [5.41, 5.74) is 3.31. The monoisotopic (exact) mass is 304 g/mol. The van der Waals surface area contributed by atoms with Crippen LogP contribution in [0.15, 0.2) is 47.6 Å². The third-order valence-corrected chi connectivity index (χ3v) is 8.59. The predicted octanol–water partition coefficient (Wildman–Crippen LogP) is 4.08. The van der Waals surface area contributed by atoms with Gasteiger partial charge in [0.2, 0.25) is 0 Å². The molecule has 0 heterocycles. The molecule has 0 saturated carbocycles. The van der Waals surface area contributed by atoms with Crippen molar-refractivity contribution < 1.29 is 23.3 Å². The molecule has 0 amide bonds. The third-order valence-electron chi connectivity index (χ3n) is 3.19. The zero-order valence-corrected chi connectivity index (χ0v) is 13.2. The van der Waals surface area contributed by atoms with Crippen LogP contribution in [0.4, 0.5) is 0 Å². The van der Waals surface area contributed by atoms with E-state index in [1.807, 2.05) is 23.3 Å². The molecule has 0 bridgehead atoms. The summed E-state index contributed by atoms with van der Waals surface area (Å²) in [4.78, 5) is 0. The van der Waals surface area contributed by atoms with Crippen LogP contribution in [0.5, 0.6) is 0 Å². The molecule has 0 radical (unpaired) electrons. The van der Waals surface area contributed by atoms with E-state index in [4.69, 9.17) is 0 Å². The predicted molar refractivity (Wildman–Crippen MR) is 68.3 cm³/mol. The van der Waals surface area contributed by atoms with Crippen LogP contribution in [0.1, 0.15) is 25.7 Å². The van der Waals surface area contributed by atoms with Crippen molar-refractivity contribution in [1.29, 1.82) is 0 Å². The summed E-state index contributed by atoms with van der Waals surface area (Å²) >= 11 is 1.82. The summed E-state index contributed by atoms with van der Waals surface area (Å²) in [7, 11) is 0. The zero-order valence-electron chi connectivity index (χ0n) is 9.71. The van der Waals surface area contributed by atoms with Crippen molar-refractivity contribution in [3.63, 3.8) is 0 Å². The molecule has 0 spiro atoms. The van der Waals surface area contributed by atoms with Crippen molar-refractivity contribution in [2.24, 2.45) is 0 Å². The molecule has 0 atom stereocenters. The summed E-state index contributed by atoms with van der Waals surface area (Å²) in [5, 5.41) is 0. The molecule has 0 nitrogen and oxygen atoms in total. The molecule has 0 unspecified atom stereocenters. The first-order valence-corrected chi connectivity index (χ1v) is 11.7. The van der Waals surface area contributed by atoms with Crippen LogP contribution in [-0.4, -0.2) is 5.43 Å². The fraction of sp³-hybridized carbons (Fsp3) is 0.429. The van der Waals surface area contributed by atoms with Gasteiger partial charge in [0.1, 0.15) is 0 Å². The minimum absolute atomic E-state index is 0.0110.